The van der Waals surface area contributed by atoms with Crippen LogP contribution in [0.4, 0.5) is 5.69 Å². The number of nitrogens with zero attached hydrogens (tertiary/aromatic N) is 1. The molecule has 1 fully saturated rings. The molecule has 1 aromatic rings. The monoisotopic (exact) mass is 296 g/mol. The summed E-state index contributed by atoms with van der Waals surface area (Å²) in [6.45, 7) is 2.98. The van der Waals surface area contributed by atoms with Crippen molar-refractivity contribution >= 4 is 29.2 Å². The second-order valence-electron chi connectivity index (χ2n) is 5.04. The summed E-state index contributed by atoms with van der Waals surface area (Å²) in [5.74, 6) is -1.23. The Kier molecular flexibility index (Phi) is 4.62. The van der Waals surface area contributed by atoms with Crippen LogP contribution in [0.3, 0.4) is 0 Å². The SMILES string of the molecule is C[C@@H]1CNC[C@H]1C(=O)N(CC(=O)O)c1cccc(Cl)c1. The Morgan fingerprint density at radius 3 is 2.75 bits per heavy atom. The molecule has 1 aliphatic rings. The van der Waals surface area contributed by atoms with Gasteiger partial charge >= 0.3 is 5.97 Å². The van der Waals surface area contributed by atoms with E-state index < -0.39 is 5.97 Å². The van der Waals surface area contributed by atoms with Crippen LogP contribution in [-0.4, -0.2) is 36.6 Å². The number of carbonyl (C=O) groups is 2. The van der Waals surface area contributed by atoms with Crippen LogP contribution in [0.1, 0.15) is 6.92 Å². The first kappa shape index (κ1) is 14.8. The van der Waals surface area contributed by atoms with Gasteiger partial charge in [-0.15, -0.1) is 0 Å². The number of amides is 1. The van der Waals surface area contributed by atoms with Crippen LogP contribution in [0, 0.1) is 11.8 Å². The normalized spacial score (nSPS) is 21.7. The summed E-state index contributed by atoms with van der Waals surface area (Å²) >= 11 is 5.92. The summed E-state index contributed by atoms with van der Waals surface area (Å²) in [5.41, 5.74) is 0.518. The van der Waals surface area contributed by atoms with Crippen molar-refractivity contribution in [3.05, 3.63) is 29.3 Å². The Bertz CT molecular complexity index is 521. The molecule has 2 N–H and O–H groups in total. The zero-order valence-corrected chi connectivity index (χ0v) is 11.9. The molecular weight excluding hydrogens is 280 g/mol. The fourth-order valence-electron chi connectivity index (χ4n) is 2.42. The molecule has 2 rings (SSSR count). The van der Waals surface area contributed by atoms with Gasteiger partial charge in [0.2, 0.25) is 5.91 Å². The molecule has 0 unspecified atom stereocenters. The van der Waals surface area contributed by atoms with Gasteiger partial charge in [-0.1, -0.05) is 24.6 Å². The molecule has 0 spiro atoms. The first-order chi connectivity index (χ1) is 9.49. The fraction of sp³-hybridized carbons (Fsp3) is 0.429. The molecular formula is C14H17ClN2O3. The maximum Gasteiger partial charge on any atom is 0.323 e. The van der Waals surface area contributed by atoms with E-state index in [0.717, 1.165) is 6.54 Å². The summed E-state index contributed by atoms with van der Waals surface area (Å²) in [6, 6.07) is 6.69. The number of carboxylic acids is 1. The number of halogens is 1. The summed E-state index contributed by atoms with van der Waals surface area (Å²) < 4.78 is 0. The van der Waals surface area contributed by atoms with Crippen molar-refractivity contribution in [2.24, 2.45) is 11.8 Å². The van der Waals surface area contributed by atoms with Crippen molar-refractivity contribution in [1.82, 2.24) is 5.32 Å². The lowest BCUT2D eigenvalue weighted by Crippen LogP contribution is -2.42. The van der Waals surface area contributed by atoms with E-state index in [0.29, 0.717) is 17.3 Å². The van der Waals surface area contributed by atoms with E-state index in [9.17, 15) is 9.59 Å². The number of carbonyl (C=O) groups excluding carboxylic acids is 1. The maximum atomic E-state index is 12.6. The quantitative estimate of drug-likeness (QED) is 0.886. The summed E-state index contributed by atoms with van der Waals surface area (Å²) in [7, 11) is 0. The lowest BCUT2D eigenvalue weighted by atomic mass is 9.96. The number of benzene rings is 1. The van der Waals surface area contributed by atoms with E-state index in [4.69, 9.17) is 16.7 Å². The van der Waals surface area contributed by atoms with Gasteiger partial charge in [0.1, 0.15) is 6.54 Å². The molecule has 1 aliphatic heterocycles. The minimum absolute atomic E-state index is 0.174. The molecule has 0 saturated carbocycles. The molecule has 2 atom stereocenters. The number of hydrogen-bond acceptors (Lipinski definition) is 3. The standard InChI is InChI=1S/C14H17ClN2O3/c1-9-6-16-7-12(9)14(20)17(8-13(18)19)11-4-2-3-10(15)5-11/h2-5,9,12,16H,6-8H2,1H3,(H,18,19)/t9-,12-/m1/s1. The van der Waals surface area contributed by atoms with Crippen molar-refractivity contribution in [3.8, 4) is 0 Å². The van der Waals surface area contributed by atoms with E-state index in [1.807, 2.05) is 6.92 Å². The minimum atomic E-state index is -1.04. The molecule has 5 nitrogen and oxygen atoms in total. The predicted molar refractivity (Wildman–Crippen MR) is 77.0 cm³/mol. The third-order valence-electron chi connectivity index (χ3n) is 3.51. The molecule has 1 heterocycles. The summed E-state index contributed by atoms with van der Waals surface area (Å²) in [5, 5.41) is 12.7. The average molecular weight is 297 g/mol. The van der Waals surface area contributed by atoms with Gasteiger partial charge in [0.15, 0.2) is 0 Å². The van der Waals surface area contributed by atoms with Crippen molar-refractivity contribution in [3.63, 3.8) is 0 Å². The molecule has 0 radical (unpaired) electrons. The molecule has 6 heteroatoms. The van der Waals surface area contributed by atoms with E-state index in [1.54, 1.807) is 24.3 Å². The third-order valence-corrected chi connectivity index (χ3v) is 3.75. The smallest absolute Gasteiger partial charge is 0.323 e. The number of hydrogen-bond donors (Lipinski definition) is 2. The molecule has 20 heavy (non-hydrogen) atoms. The average Bonchev–Trinajstić information content (AvgIpc) is 2.81. The van der Waals surface area contributed by atoms with E-state index in [2.05, 4.69) is 5.32 Å². The predicted octanol–water partition coefficient (Wildman–Crippen LogP) is 1.61. The second-order valence-corrected chi connectivity index (χ2v) is 5.48. The highest BCUT2D eigenvalue weighted by Gasteiger charge is 2.34. The van der Waals surface area contributed by atoms with E-state index in [-0.39, 0.29) is 24.3 Å². The minimum Gasteiger partial charge on any atom is -0.480 e. The summed E-state index contributed by atoms with van der Waals surface area (Å²) in [4.78, 5) is 24.9. The Labute approximate surface area is 122 Å². The zero-order valence-electron chi connectivity index (χ0n) is 11.2. The van der Waals surface area contributed by atoms with E-state index in [1.165, 1.54) is 4.90 Å². The highest BCUT2D eigenvalue weighted by molar-refractivity contribution is 6.31. The van der Waals surface area contributed by atoms with Crippen LogP contribution in [0.5, 0.6) is 0 Å². The topological polar surface area (TPSA) is 69.6 Å². The van der Waals surface area contributed by atoms with Gasteiger partial charge in [0, 0.05) is 17.3 Å². The van der Waals surface area contributed by atoms with Crippen LogP contribution in [0.25, 0.3) is 0 Å². The molecule has 0 aliphatic carbocycles. The van der Waals surface area contributed by atoms with Gasteiger partial charge in [0.25, 0.3) is 0 Å². The van der Waals surface area contributed by atoms with Gasteiger partial charge in [-0.05, 0) is 30.7 Å². The van der Waals surface area contributed by atoms with Crippen LogP contribution in [0.15, 0.2) is 24.3 Å². The van der Waals surface area contributed by atoms with Crippen LogP contribution in [-0.2, 0) is 9.59 Å². The van der Waals surface area contributed by atoms with E-state index >= 15 is 0 Å². The zero-order chi connectivity index (χ0) is 14.7. The van der Waals surface area contributed by atoms with Crippen LogP contribution in [0.2, 0.25) is 5.02 Å². The molecule has 1 saturated heterocycles. The van der Waals surface area contributed by atoms with Gasteiger partial charge < -0.3 is 15.3 Å². The van der Waals surface area contributed by atoms with Crippen molar-refractivity contribution < 1.29 is 14.7 Å². The Hall–Kier alpha value is -1.59. The number of carboxylic acid groups (broad SMARTS) is 1. The molecule has 108 valence electrons. The molecule has 1 aromatic carbocycles. The Morgan fingerprint density at radius 2 is 2.20 bits per heavy atom. The lowest BCUT2D eigenvalue weighted by Gasteiger charge is -2.25. The number of aliphatic carboxylic acids is 1. The van der Waals surface area contributed by atoms with Crippen molar-refractivity contribution in [1.29, 1.82) is 0 Å². The van der Waals surface area contributed by atoms with Gasteiger partial charge in [-0.25, -0.2) is 0 Å². The second kappa shape index (κ2) is 6.24. The molecule has 0 bridgehead atoms. The molecule has 0 aromatic heterocycles. The maximum absolute atomic E-state index is 12.6. The first-order valence-electron chi connectivity index (χ1n) is 6.48. The Balaban J connectivity index is 2.27. The third kappa shape index (κ3) is 3.29. The molecule has 1 amide bonds. The summed E-state index contributed by atoms with van der Waals surface area (Å²) in [6.07, 6.45) is 0. The van der Waals surface area contributed by atoms with Gasteiger partial charge in [0.05, 0.1) is 5.92 Å². The van der Waals surface area contributed by atoms with Crippen molar-refractivity contribution in [2.45, 2.75) is 6.92 Å². The number of anilines is 1. The van der Waals surface area contributed by atoms with Crippen LogP contribution >= 0.6 is 11.6 Å². The first-order valence-corrected chi connectivity index (χ1v) is 6.86. The van der Waals surface area contributed by atoms with Gasteiger partial charge in [-0.2, -0.15) is 0 Å². The highest BCUT2D eigenvalue weighted by Crippen LogP contribution is 2.25. The fourth-order valence-corrected chi connectivity index (χ4v) is 2.60. The van der Waals surface area contributed by atoms with Gasteiger partial charge in [-0.3, -0.25) is 9.59 Å². The van der Waals surface area contributed by atoms with Crippen LogP contribution < -0.4 is 10.2 Å². The highest BCUT2D eigenvalue weighted by atomic mass is 35.5. The number of rotatable bonds is 4. The largest absolute Gasteiger partial charge is 0.480 e. The lowest BCUT2D eigenvalue weighted by molar-refractivity contribution is -0.137. The Morgan fingerprint density at radius 1 is 1.45 bits per heavy atom. The number of nitrogens with one attached hydrogen (secondary N) is 1. The van der Waals surface area contributed by atoms with Crippen molar-refractivity contribution in [2.75, 3.05) is 24.5 Å².